The SMILES string of the molecule is CC(c1ccncc1)N(C)C(=O)c1csc(N)n1. The van der Waals surface area contributed by atoms with Crippen molar-refractivity contribution in [1.29, 1.82) is 0 Å². The van der Waals surface area contributed by atoms with Crippen molar-refractivity contribution in [3.63, 3.8) is 0 Å². The number of nitrogen functional groups attached to an aromatic ring is 1. The van der Waals surface area contributed by atoms with Crippen LogP contribution in [-0.4, -0.2) is 27.8 Å². The summed E-state index contributed by atoms with van der Waals surface area (Å²) < 4.78 is 0. The van der Waals surface area contributed by atoms with Crippen LogP contribution in [0.3, 0.4) is 0 Å². The first-order chi connectivity index (χ1) is 8.59. The average molecular weight is 262 g/mol. The molecule has 2 N–H and O–H groups in total. The van der Waals surface area contributed by atoms with Gasteiger partial charge in [0.2, 0.25) is 0 Å². The van der Waals surface area contributed by atoms with Crippen LogP contribution in [0.25, 0.3) is 0 Å². The molecule has 0 saturated heterocycles. The van der Waals surface area contributed by atoms with E-state index in [1.165, 1.54) is 11.3 Å². The topological polar surface area (TPSA) is 72.1 Å². The second-order valence-corrected chi connectivity index (χ2v) is 4.83. The average Bonchev–Trinajstić information content (AvgIpc) is 2.84. The van der Waals surface area contributed by atoms with E-state index in [0.29, 0.717) is 10.8 Å². The molecule has 0 aliphatic rings. The van der Waals surface area contributed by atoms with E-state index in [4.69, 9.17) is 5.73 Å². The molecule has 0 fully saturated rings. The Balaban J connectivity index is 2.16. The van der Waals surface area contributed by atoms with E-state index in [-0.39, 0.29) is 11.9 Å². The maximum Gasteiger partial charge on any atom is 0.273 e. The third-order valence-corrected chi connectivity index (χ3v) is 3.50. The minimum absolute atomic E-state index is 0.0385. The van der Waals surface area contributed by atoms with Crippen LogP contribution >= 0.6 is 11.3 Å². The lowest BCUT2D eigenvalue weighted by Crippen LogP contribution is -2.29. The molecule has 2 aromatic rings. The molecule has 1 atom stereocenters. The van der Waals surface area contributed by atoms with Gasteiger partial charge in [-0.2, -0.15) is 0 Å². The Morgan fingerprint density at radius 1 is 1.44 bits per heavy atom. The van der Waals surface area contributed by atoms with E-state index >= 15 is 0 Å². The molecule has 0 radical (unpaired) electrons. The number of nitrogens with two attached hydrogens (primary N) is 1. The zero-order valence-electron chi connectivity index (χ0n) is 10.2. The summed E-state index contributed by atoms with van der Waals surface area (Å²) in [6.07, 6.45) is 3.43. The molecule has 6 heteroatoms. The normalized spacial score (nSPS) is 12.1. The van der Waals surface area contributed by atoms with Crippen molar-refractivity contribution in [3.05, 3.63) is 41.2 Å². The molecule has 1 unspecified atom stereocenters. The number of carbonyl (C=O) groups excluding carboxylic acids is 1. The molecule has 2 rings (SSSR count). The lowest BCUT2D eigenvalue weighted by Gasteiger charge is -2.24. The lowest BCUT2D eigenvalue weighted by atomic mass is 10.1. The Labute approximate surface area is 109 Å². The molecule has 0 spiro atoms. The highest BCUT2D eigenvalue weighted by Crippen LogP contribution is 2.21. The first-order valence-corrected chi connectivity index (χ1v) is 6.35. The van der Waals surface area contributed by atoms with Crippen molar-refractivity contribution in [2.24, 2.45) is 0 Å². The molecule has 1 amide bonds. The van der Waals surface area contributed by atoms with Gasteiger partial charge in [-0.3, -0.25) is 9.78 Å². The highest BCUT2D eigenvalue weighted by molar-refractivity contribution is 7.13. The van der Waals surface area contributed by atoms with Crippen LogP contribution in [0.15, 0.2) is 29.9 Å². The Morgan fingerprint density at radius 3 is 2.67 bits per heavy atom. The van der Waals surface area contributed by atoms with Crippen molar-refractivity contribution in [2.75, 3.05) is 12.8 Å². The number of carbonyl (C=O) groups is 1. The van der Waals surface area contributed by atoms with Crippen LogP contribution in [0, 0.1) is 0 Å². The molecular weight excluding hydrogens is 248 g/mol. The van der Waals surface area contributed by atoms with Crippen LogP contribution in [-0.2, 0) is 0 Å². The van der Waals surface area contributed by atoms with Crippen LogP contribution in [0.2, 0.25) is 0 Å². The largest absolute Gasteiger partial charge is 0.375 e. The monoisotopic (exact) mass is 262 g/mol. The Hall–Kier alpha value is -1.95. The number of hydrogen-bond donors (Lipinski definition) is 1. The van der Waals surface area contributed by atoms with Crippen LogP contribution in [0.4, 0.5) is 5.13 Å². The molecule has 0 bridgehead atoms. The summed E-state index contributed by atoms with van der Waals surface area (Å²) in [5, 5.41) is 2.08. The summed E-state index contributed by atoms with van der Waals surface area (Å²) in [7, 11) is 1.75. The Kier molecular flexibility index (Phi) is 3.57. The Bertz CT molecular complexity index is 540. The van der Waals surface area contributed by atoms with Gasteiger partial charge in [-0.1, -0.05) is 0 Å². The van der Waals surface area contributed by atoms with Crippen molar-refractivity contribution < 1.29 is 4.79 Å². The highest BCUT2D eigenvalue weighted by atomic mass is 32.1. The lowest BCUT2D eigenvalue weighted by molar-refractivity contribution is 0.0737. The van der Waals surface area contributed by atoms with Gasteiger partial charge in [0.05, 0.1) is 6.04 Å². The zero-order chi connectivity index (χ0) is 13.1. The number of nitrogens with zero attached hydrogens (tertiary/aromatic N) is 3. The van der Waals surface area contributed by atoms with Gasteiger partial charge in [-0.25, -0.2) is 4.98 Å². The number of aromatic nitrogens is 2. The predicted molar refractivity (Wildman–Crippen MR) is 71.3 cm³/mol. The smallest absolute Gasteiger partial charge is 0.273 e. The molecule has 5 nitrogen and oxygen atoms in total. The molecule has 2 aromatic heterocycles. The van der Waals surface area contributed by atoms with E-state index in [2.05, 4.69) is 9.97 Å². The summed E-state index contributed by atoms with van der Waals surface area (Å²) in [5.41, 5.74) is 6.95. The first-order valence-electron chi connectivity index (χ1n) is 5.47. The molecule has 0 aromatic carbocycles. The second kappa shape index (κ2) is 5.14. The number of thiazole rings is 1. The van der Waals surface area contributed by atoms with Crippen molar-refractivity contribution in [1.82, 2.24) is 14.9 Å². The molecule has 94 valence electrons. The van der Waals surface area contributed by atoms with Crippen LogP contribution in [0.1, 0.15) is 29.0 Å². The van der Waals surface area contributed by atoms with Gasteiger partial charge >= 0.3 is 0 Å². The first kappa shape index (κ1) is 12.5. The van der Waals surface area contributed by atoms with Crippen molar-refractivity contribution in [2.45, 2.75) is 13.0 Å². The standard InChI is InChI=1S/C12H14N4OS/c1-8(9-3-5-14-6-4-9)16(2)11(17)10-7-18-12(13)15-10/h3-8H,1-2H3,(H2,13,15). The van der Waals surface area contributed by atoms with Gasteiger partial charge in [0, 0.05) is 24.8 Å². The van der Waals surface area contributed by atoms with E-state index < -0.39 is 0 Å². The van der Waals surface area contributed by atoms with Gasteiger partial charge in [0.1, 0.15) is 5.69 Å². The van der Waals surface area contributed by atoms with E-state index in [1.807, 2.05) is 19.1 Å². The van der Waals surface area contributed by atoms with Crippen LogP contribution < -0.4 is 5.73 Å². The fourth-order valence-corrected chi connectivity index (χ4v) is 2.14. The summed E-state index contributed by atoms with van der Waals surface area (Å²) in [6.45, 7) is 1.96. The summed E-state index contributed by atoms with van der Waals surface area (Å²) in [4.78, 5) is 21.8. The fourth-order valence-electron chi connectivity index (χ4n) is 1.61. The molecule has 0 aliphatic heterocycles. The van der Waals surface area contributed by atoms with Crippen LogP contribution in [0.5, 0.6) is 0 Å². The maximum atomic E-state index is 12.2. The molecular formula is C12H14N4OS. The van der Waals surface area contributed by atoms with Crippen molar-refractivity contribution in [3.8, 4) is 0 Å². The van der Waals surface area contributed by atoms with E-state index in [0.717, 1.165) is 5.56 Å². The third kappa shape index (κ3) is 2.48. The predicted octanol–water partition coefficient (Wildman–Crippen LogP) is 1.95. The quantitative estimate of drug-likeness (QED) is 0.917. The fraction of sp³-hybridized carbons (Fsp3) is 0.250. The second-order valence-electron chi connectivity index (χ2n) is 3.94. The number of pyridine rings is 1. The minimum atomic E-state index is -0.132. The van der Waals surface area contributed by atoms with Gasteiger partial charge < -0.3 is 10.6 Å². The van der Waals surface area contributed by atoms with Gasteiger partial charge in [-0.15, -0.1) is 11.3 Å². The molecule has 18 heavy (non-hydrogen) atoms. The summed E-state index contributed by atoms with van der Waals surface area (Å²) in [5.74, 6) is -0.132. The maximum absolute atomic E-state index is 12.2. The number of amides is 1. The Morgan fingerprint density at radius 2 is 2.11 bits per heavy atom. The molecule has 2 heterocycles. The van der Waals surface area contributed by atoms with E-state index in [1.54, 1.807) is 29.7 Å². The van der Waals surface area contributed by atoms with Gasteiger partial charge in [0.15, 0.2) is 5.13 Å². The van der Waals surface area contributed by atoms with E-state index in [9.17, 15) is 4.79 Å². The highest BCUT2D eigenvalue weighted by Gasteiger charge is 2.20. The number of hydrogen-bond acceptors (Lipinski definition) is 5. The zero-order valence-corrected chi connectivity index (χ0v) is 11.0. The third-order valence-electron chi connectivity index (χ3n) is 2.83. The summed E-state index contributed by atoms with van der Waals surface area (Å²) >= 11 is 1.27. The molecule has 0 aliphatic carbocycles. The molecule has 0 saturated carbocycles. The van der Waals surface area contributed by atoms with Gasteiger partial charge in [0.25, 0.3) is 5.91 Å². The minimum Gasteiger partial charge on any atom is -0.375 e. The van der Waals surface area contributed by atoms with Crippen molar-refractivity contribution >= 4 is 22.4 Å². The number of rotatable bonds is 3. The summed E-state index contributed by atoms with van der Waals surface area (Å²) in [6, 6.07) is 3.75. The van der Waals surface area contributed by atoms with Gasteiger partial charge in [-0.05, 0) is 24.6 Å². The number of anilines is 1.